The summed E-state index contributed by atoms with van der Waals surface area (Å²) in [6, 6.07) is 5.11. The summed E-state index contributed by atoms with van der Waals surface area (Å²) in [5.41, 5.74) is -0.0317. The lowest BCUT2D eigenvalue weighted by atomic mass is 10.1. The van der Waals surface area contributed by atoms with Gasteiger partial charge in [0, 0.05) is 12.1 Å². The van der Waals surface area contributed by atoms with Crippen LogP contribution in [0.2, 0.25) is 0 Å². The van der Waals surface area contributed by atoms with Crippen molar-refractivity contribution in [2.45, 2.75) is 25.0 Å². The van der Waals surface area contributed by atoms with Crippen molar-refractivity contribution in [3.63, 3.8) is 0 Å². The van der Waals surface area contributed by atoms with Gasteiger partial charge in [0.25, 0.3) is 0 Å². The second kappa shape index (κ2) is 4.70. The Hall–Kier alpha value is -1.82. The SMILES string of the molecule is CN1CCC[C@H]1[C@H]1COc2c(cccc2[N+](=O)[O-])O1. The summed E-state index contributed by atoms with van der Waals surface area (Å²) in [4.78, 5) is 12.7. The van der Waals surface area contributed by atoms with Gasteiger partial charge in [-0.3, -0.25) is 15.0 Å². The zero-order valence-corrected chi connectivity index (χ0v) is 10.7. The Balaban J connectivity index is 1.84. The van der Waals surface area contributed by atoms with Gasteiger partial charge in [-0.1, -0.05) is 6.07 Å². The Morgan fingerprint density at radius 3 is 3.00 bits per heavy atom. The van der Waals surface area contributed by atoms with Crippen molar-refractivity contribution in [1.29, 1.82) is 0 Å². The molecule has 1 fully saturated rings. The zero-order valence-electron chi connectivity index (χ0n) is 10.7. The molecule has 6 nitrogen and oxygen atoms in total. The van der Waals surface area contributed by atoms with Crippen molar-refractivity contribution in [3.8, 4) is 11.5 Å². The number of fused-ring (bicyclic) bond motifs is 1. The van der Waals surface area contributed by atoms with Crippen LogP contribution < -0.4 is 9.47 Å². The van der Waals surface area contributed by atoms with E-state index >= 15 is 0 Å². The second-order valence-electron chi connectivity index (χ2n) is 5.02. The number of rotatable bonds is 2. The number of hydrogen-bond acceptors (Lipinski definition) is 5. The quantitative estimate of drug-likeness (QED) is 0.602. The molecular weight excluding hydrogens is 248 g/mol. The molecule has 2 heterocycles. The van der Waals surface area contributed by atoms with E-state index in [9.17, 15) is 10.1 Å². The van der Waals surface area contributed by atoms with Crippen LogP contribution in [0, 0.1) is 10.1 Å². The van der Waals surface area contributed by atoms with Gasteiger partial charge >= 0.3 is 5.69 Å². The minimum absolute atomic E-state index is 0.0317. The van der Waals surface area contributed by atoms with Crippen LogP contribution >= 0.6 is 0 Å². The Morgan fingerprint density at radius 2 is 2.32 bits per heavy atom. The lowest BCUT2D eigenvalue weighted by Crippen LogP contribution is -2.45. The van der Waals surface area contributed by atoms with E-state index in [-0.39, 0.29) is 17.5 Å². The largest absolute Gasteiger partial charge is 0.481 e. The molecule has 2 aliphatic rings. The maximum atomic E-state index is 10.9. The van der Waals surface area contributed by atoms with Crippen molar-refractivity contribution in [1.82, 2.24) is 4.90 Å². The first kappa shape index (κ1) is 12.2. The van der Waals surface area contributed by atoms with E-state index in [1.165, 1.54) is 6.07 Å². The molecule has 0 unspecified atom stereocenters. The van der Waals surface area contributed by atoms with Gasteiger partial charge in [-0.2, -0.15) is 0 Å². The summed E-state index contributed by atoms with van der Waals surface area (Å²) in [5, 5.41) is 10.9. The van der Waals surface area contributed by atoms with Gasteiger partial charge in [0.1, 0.15) is 12.7 Å². The molecule has 0 N–H and O–H groups in total. The number of benzene rings is 1. The topological polar surface area (TPSA) is 64.8 Å². The van der Waals surface area contributed by atoms with Crippen LogP contribution in [0.4, 0.5) is 5.69 Å². The number of ether oxygens (including phenoxy) is 2. The molecule has 0 amide bonds. The van der Waals surface area contributed by atoms with Crippen LogP contribution in [0.25, 0.3) is 0 Å². The van der Waals surface area contributed by atoms with Crippen LogP contribution in [-0.4, -0.2) is 42.2 Å². The highest BCUT2D eigenvalue weighted by Gasteiger charge is 2.36. The van der Waals surface area contributed by atoms with Gasteiger partial charge in [-0.15, -0.1) is 0 Å². The van der Waals surface area contributed by atoms with E-state index in [0.717, 1.165) is 19.4 Å². The molecule has 3 rings (SSSR count). The highest BCUT2D eigenvalue weighted by molar-refractivity contribution is 5.56. The Morgan fingerprint density at radius 1 is 1.47 bits per heavy atom. The number of nitro benzene ring substituents is 1. The molecule has 2 atom stereocenters. The fourth-order valence-corrected chi connectivity index (χ4v) is 2.84. The predicted octanol–water partition coefficient (Wildman–Crippen LogP) is 1.83. The van der Waals surface area contributed by atoms with Crippen LogP contribution in [-0.2, 0) is 0 Å². The highest BCUT2D eigenvalue weighted by Crippen LogP contribution is 2.40. The smallest absolute Gasteiger partial charge is 0.314 e. The number of likely N-dealkylation sites (N-methyl/N-ethyl adjacent to an activating group) is 1. The molecule has 0 aliphatic carbocycles. The van der Waals surface area contributed by atoms with Gasteiger partial charge in [-0.05, 0) is 32.5 Å². The third-order valence-corrected chi connectivity index (χ3v) is 3.83. The summed E-state index contributed by atoms with van der Waals surface area (Å²) in [6.07, 6.45) is 2.18. The number of nitrogens with zero attached hydrogens (tertiary/aromatic N) is 2. The minimum Gasteiger partial charge on any atom is -0.481 e. The van der Waals surface area contributed by atoms with Crippen LogP contribution in [0.1, 0.15) is 12.8 Å². The summed E-state index contributed by atoms with van der Waals surface area (Å²) < 4.78 is 11.5. The molecule has 6 heteroatoms. The first-order valence-corrected chi connectivity index (χ1v) is 6.44. The zero-order chi connectivity index (χ0) is 13.4. The van der Waals surface area contributed by atoms with Crippen LogP contribution in [0.5, 0.6) is 11.5 Å². The van der Waals surface area contributed by atoms with Crippen LogP contribution in [0.3, 0.4) is 0 Å². The van der Waals surface area contributed by atoms with E-state index in [4.69, 9.17) is 9.47 Å². The fourth-order valence-electron chi connectivity index (χ4n) is 2.84. The van der Waals surface area contributed by atoms with Gasteiger partial charge in [-0.25, -0.2) is 0 Å². The number of nitro groups is 1. The molecule has 1 saturated heterocycles. The molecule has 0 aromatic heterocycles. The molecule has 19 heavy (non-hydrogen) atoms. The molecule has 0 saturated carbocycles. The normalized spacial score (nSPS) is 26.4. The minimum atomic E-state index is -0.440. The summed E-state index contributed by atoms with van der Waals surface area (Å²) in [6.45, 7) is 1.43. The van der Waals surface area contributed by atoms with E-state index in [1.807, 2.05) is 0 Å². The number of para-hydroxylation sites is 1. The monoisotopic (exact) mass is 264 g/mol. The third-order valence-electron chi connectivity index (χ3n) is 3.83. The van der Waals surface area contributed by atoms with Crippen LogP contribution in [0.15, 0.2) is 18.2 Å². The molecule has 0 bridgehead atoms. The Kier molecular flexibility index (Phi) is 3.02. The maximum Gasteiger partial charge on any atom is 0.314 e. The fraction of sp³-hybridized carbons (Fsp3) is 0.538. The van der Waals surface area contributed by atoms with Crippen molar-refractivity contribution in [3.05, 3.63) is 28.3 Å². The molecular formula is C13H16N2O4. The summed E-state index contributed by atoms with van der Waals surface area (Å²) in [7, 11) is 2.07. The molecule has 0 radical (unpaired) electrons. The van der Waals surface area contributed by atoms with Crippen molar-refractivity contribution < 1.29 is 14.4 Å². The third kappa shape index (κ3) is 2.12. The molecule has 2 aliphatic heterocycles. The van der Waals surface area contributed by atoms with Gasteiger partial charge in [0.05, 0.1) is 4.92 Å². The lowest BCUT2D eigenvalue weighted by molar-refractivity contribution is -0.386. The van der Waals surface area contributed by atoms with E-state index in [0.29, 0.717) is 18.4 Å². The maximum absolute atomic E-state index is 10.9. The average Bonchev–Trinajstić information content (AvgIpc) is 2.83. The van der Waals surface area contributed by atoms with E-state index in [1.54, 1.807) is 12.1 Å². The second-order valence-corrected chi connectivity index (χ2v) is 5.02. The first-order valence-electron chi connectivity index (χ1n) is 6.44. The molecule has 0 spiro atoms. The van der Waals surface area contributed by atoms with Gasteiger partial charge in [0.2, 0.25) is 5.75 Å². The molecule has 102 valence electrons. The van der Waals surface area contributed by atoms with E-state index < -0.39 is 4.92 Å². The summed E-state index contributed by atoms with van der Waals surface area (Å²) >= 11 is 0. The summed E-state index contributed by atoms with van der Waals surface area (Å²) in [5.74, 6) is 0.732. The Labute approximate surface area is 111 Å². The predicted molar refractivity (Wildman–Crippen MR) is 68.7 cm³/mol. The highest BCUT2D eigenvalue weighted by atomic mass is 16.6. The van der Waals surface area contributed by atoms with Gasteiger partial charge in [0.15, 0.2) is 5.75 Å². The number of hydrogen-bond donors (Lipinski definition) is 0. The van der Waals surface area contributed by atoms with Gasteiger partial charge < -0.3 is 9.47 Å². The number of likely N-dealkylation sites (tertiary alicyclic amines) is 1. The van der Waals surface area contributed by atoms with Crippen molar-refractivity contribution >= 4 is 5.69 Å². The van der Waals surface area contributed by atoms with E-state index in [2.05, 4.69) is 11.9 Å². The molecule has 1 aromatic carbocycles. The van der Waals surface area contributed by atoms with Crippen molar-refractivity contribution in [2.24, 2.45) is 0 Å². The van der Waals surface area contributed by atoms with Crippen molar-refractivity contribution in [2.75, 3.05) is 20.2 Å². The molecule has 1 aromatic rings. The Bertz CT molecular complexity index is 505. The first-order chi connectivity index (χ1) is 9.16. The average molecular weight is 264 g/mol. The lowest BCUT2D eigenvalue weighted by Gasteiger charge is -2.33. The standard InChI is InChI=1S/C13H16N2O4/c1-14-7-3-5-9(14)12-8-18-13-10(15(16)17)4-2-6-11(13)19-12/h2,4,6,9,12H,3,5,7-8H2,1H3/t9-,12+/m0/s1.